The van der Waals surface area contributed by atoms with Crippen molar-refractivity contribution in [3.05, 3.63) is 76.4 Å². The van der Waals surface area contributed by atoms with Gasteiger partial charge in [0.2, 0.25) is 0 Å². The number of hydrogen-bond donors (Lipinski definition) is 2. The normalized spacial score (nSPS) is 10.5. The molecule has 0 aliphatic rings. The van der Waals surface area contributed by atoms with Gasteiger partial charge in [0.1, 0.15) is 17.1 Å². The lowest BCUT2D eigenvalue weighted by Crippen LogP contribution is -2.02. The van der Waals surface area contributed by atoms with Gasteiger partial charge in [0.25, 0.3) is 0 Å². The number of nitrogens with one attached hydrogen (secondary N) is 1. The van der Waals surface area contributed by atoms with E-state index in [1.165, 1.54) is 30.4 Å². The molecule has 0 radical (unpaired) electrons. The molecule has 0 bridgehead atoms. The van der Waals surface area contributed by atoms with Gasteiger partial charge in [-0.05, 0) is 30.7 Å². The molecule has 138 valence electrons. The van der Waals surface area contributed by atoms with E-state index in [0.717, 1.165) is 11.4 Å². The summed E-state index contributed by atoms with van der Waals surface area (Å²) < 4.78 is 5.09. The lowest BCUT2D eigenvalue weighted by molar-refractivity contribution is 0.0693. The average Bonchev–Trinajstić information content (AvgIpc) is 2.66. The Kier molecular flexibility index (Phi) is 5.62. The van der Waals surface area contributed by atoms with Gasteiger partial charge in [-0.15, -0.1) is 0 Å². The van der Waals surface area contributed by atoms with E-state index >= 15 is 0 Å². The van der Waals surface area contributed by atoms with E-state index in [-0.39, 0.29) is 11.3 Å². The molecule has 3 rings (SSSR count). The van der Waals surface area contributed by atoms with Crippen LogP contribution in [0.1, 0.15) is 21.5 Å². The first-order chi connectivity index (χ1) is 13.0. The number of anilines is 1. The maximum atomic E-state index is 11.4. The highest BCUT2D eigenvalue weighted by atomic mass is 35.5. The Hall–Kier alpha value is -3.05. The number of methoxy groups -OCH3 is 1. The molecule has 2 N–H and O–H groups in total. The predicted molar refractivity (Wildman–Crippen MR) is 107 cm³/mol. The molecule has 0 fully saturated rings. The molecule has 27 heavy (non-hydrogen) atoms. The molecule has 5 nitrogen and oxygen atoms in total. The minimum absolute atomic E-state index is 0.0542. The molecule has 0 spiro atoms. The molecule has 1 aromatic heterocycles. The van der Waals surface area contributed by atoms with E-state index in [4.69, 9.17) is 16.3 Å². The topological polar surface area (TPSA) is 71.5 Å². The Morgan fingerprint density at radius 3 is 2.67 bits per heavy atom. The van der Waals surface area contributed by atoms with Crippen molar-refractivity contribution in [3.8, 4) is 16.9 Å². The number of aromatic carboxylic acids is 1. The summed E-state index contributed by atoms with van der Waals surface area (Å²) in [4.78, 5) is 15.8. The number of hydrogen-bond acceptors (Lipinski definition) is 4. The first-order valence-electron chi connectivity index (χ1n) is 8.34. The number of pyridine rings is 1. The SMILES string of the molecule is COc1cc(Cl)c(-c2ccc(NCc3cccc(C)c3)nc2)cc1C(=O)O. The lowest BCUT2D eigenvalue weighted by Gasteiger charge is -2.11. The minimum Gasteiger partial charge on any atom is -0.496 e. The van der Waals surface area contributed by atoms with E-state index < -0.39 is 5.97 Å². The van der Waals surface area contributed by atoms with Gasteiger partial charge >= 0.3 is 5.97 Å². The number of nitrogens with zero attached hydrogens (tertiary/aromatic N) is 1. The molecule has 0 aliphatic carbocycles. The van der Waals surface area contributed by atoms with E-state index in [0.29, 0.717) is 17.1 Å². The Balaban J connectivity index is 1.81. The maximum absolute atomic E-state index is 11.4. The number of carbonyl (C=O) groups is 1. The van der Waals surface area contributed by atoms with Crippen LogP contribution in [0.15, 0.2) is 54.7 Å². The Bertz CT molecular complexity index is 972. The molecule has 0 saturated heterocycles. The van der Waals surface area contributed by atoms with Crippen molar-refractivity contribution in [3.63, 3.8) is 0 Å². The van der Waals surface area contributed by atoms with Gasteiger partial charge in [-0.3, -0.25) is 0 Å². The van der Waals surface area contributed by atoms with Crippen molar-refractivity contribution in [2.24, 2.45) is 0 Å². The maximum Gasteiger partial charge on any atom is 0.339 e. The van der Waals surface area contributed by atoms with Crippen LogP contribution in [0.25, 0.3) is 11.1 Å². The molecule has 6 heteroatoms. The smallest absolute Gasteiger partial charge is 0.339 e. The monoisotopic (exact) mass is 382 g/mol. The number of aromatic nitrogens is 1. The zero-order chi connectivity index (χ0) is 19.4. The molecule has 1 heterocycles. The molecule has 0 saturated carbocycles. The minimum atomic E-state index is -1.07. The summed E-state index contributed by atoms with van der Waals surface area (Å²) in [5.74, 6) is -0.127. The lowest BCUT2D eigenvalue weighted by atomic mass is 10.0. The fraction of sp³-hybridized carbons (Fsp3) is 0.143. The summed E-state index contributed by atoms with van der Waals surface area (Å²) in [5, 5.41) is 13.0. The zero-order valence-electron chi connectivity index (χ0n) is 15.0. The highest BCUT2D eigenvalue weighted by molar-refractivity contribution is 6.33. The summed E-state index contributed by atoms with van der Waals surface area (Å²) in [6.07, 6.45) is 1.66. The molecule has 0 atom stereocenters. The molecular formula is C21H19ClN2O3. The fourth-order valence-electron chi connectivity index (χ4n) is 2.78. The van der Waals surface area contributed by atoms with Gasteiger partial charge in [-0.2, -0.15) is 0 Å². The first-order valence-corrected chi connectivity index (χ1v) is 8.72. The Morgan fingerprint density at radius 2 is 2.04 bits per heavy atom. The average molecular weight is 383 g/mol. The van der Waals surface area contributed by atoms with E-state index in [2.05, 4.69) is 35.4 Å². The van der Waals surface area contributed by atoms with Crippen molar-refractivity contribution in [2.45, 2.75) is 13.5 Å². The summed E-state index contributed by atoms with van der Waals surface area (Å²) >= 11 is 6.30. The molecular weight excluding hydrogens is 364 g/mol. The molecule has 0 amide bonds. The van der Waals surface area contributed by atoms with Crippen LogP contribution in [0.2, 0.25) is 5.02 Å². The number of carboxylic acid groups (broad SMARTS) is 1. The van der Waals surface area contributed by atoms with E-state index in [9.17, 15) is 9.90 Å². The van der Waals surface area contributed by atoms with Crippen molar-refractivity contribution in [1.29, 1.82) is 0 Å². The van der Waals surface area contributed by atoms with Crippen molar-refractivity contribution in [1.82, 2.24) is 4.98 Å². The van der Waals surface area contributed by atoms with Crippen LogP contribution in [0.3, 0.4) is 0 Å². The standard InChI is InChI=1S/C21H19ClN2O3/c1-13-4-3-5-14(8-13)11-23-20-7-6-15(12-24-20)16-9-17(21(25)26)19(27-2)10-18(16)22/h3-10,12H,11H2,1-2H3,(H,23,24)(H,25,26). The summed E-state index contributed by atoms with van der Waals surface area (Å²) in [5.41, 5.74) is 3.75. The summed E-state index contributed by atoms with van der Waals surface area (Å²) in [6, 6.07) is 14.9. The third kappa shape index (κ3) is 4.38. The van der Waals surface area contributed by atoms with Gasteiger partial charge in [0.05, 0.1) is 12.1 Å². The highest BCUT2D eigenvalue weighted by Gasteiger charge is 2.16. The van der Waals surface area contributed by atoms with Gasteiger partial charge in [-0.1, -0.05) is 41.4 Å². The van der Waals surface area contributed by atoms with Crippen LogP contribution in [0.5, 0.6) is 5.75 Å². The summed E-state index contributed by atoms with van der Waals surface area (Å²) in [6.45, 7) is 2.72. The van der Waals surface area contributed by atoms with Gasteiger partial charge < -0.3 is 15.2 Å². The van der Waals surface area contributed by atoms with Crippen molar-refractivity contribution < 1.29 is 14.6 Å². The molecule has 0 aliphatic heterocycles. The highest BCUT2D eigenvalue weighted by Crippen LogP contribution is 2.34. The van der Waals surface area contributed by atoms with Gasteiger partial charge in [-0.25, -0.2) is 9.78 Å². The van der Waals surface area contributed by atoms with Crippen LogP contribution in [0, 0.1) is 6.92 Å². The van der Waals surface area contributed by atoms with Gasteiger partial charge in [0.15, 0.2) is 0 Å². The number of ether oxygens (including phenoxy) is 1. The van der Waals surface area contributed by atoms with Crippen LogP contribution in [-0.4, -0.2) is 23.2 Å². The second-order valence-corrected chi connectivity index (χ2v) is 6.52. The second kappa shape index (κ2) is 8.10. The third-order valence-electron chi connectivity index (χ3n) is 4.15. The number of halogens is 1. The fourth-order valence-corrected chi connectivity index (χ4v) is 3.05. The van der Waals surface area contributed by atoms with Gasteiger partial charge in [0, 0.05) is 29.9 Å². The van der Waals surface area contributed by atoms with Crippen LogP contribution < -0.4 is 10.1 Å². The number of benzene rings is 2. The largest absolute Gasteiger partial charge is 0.496 e. The number of aryl methyl sites for hydroxylation is 1. The predicted octanol–water partition coefficient (Wildman–Crippen LogP) is 5.03. The Morgan fingerprint density at radius 1 is 1.22 bits per heavy atom. The first kappa shape index (κ1) is 18.7. The molecule has 3 aromatic rings. The Labute approximate surface area is 162 Å². The second-order valence-electron chi connectivity index (χ2n) is 6.11. The van der Waals surface area contributed by atoms with Crippen LogP contribution in [0.4, 0.5) is 5.82 Å². The van der Waals surface area contributed by atoms with E-state index in [1.54, 1.807) is 6.20 Å². The molecule has 2 aromatic carbocycles. The van der Waals surface area contributed by atoms with Crippen LogP contribution in [-0.2, 0) is 6.54 Å². The van der Waals surface area contributed by atoms with Crippen molar-refractivity contribution in [2.75, 3.05) is 12.4 Å². The van der Waals surface area contributed by atoms with Crippen LogP contribution >= 0.6 is 11.6 Å². The number of rotatable bonds is 6. The third-order valence-corrected chi connectivity index (χ3v) is 4.46. The quantitative estimate of drug-likeness (QED) is 0.625. The van der Waals surface area contributed by atoms with E-state index in [1.807, 2.05) is 18.2 Å². The summed E-state index contributed by atoms with van der Waals surface area (Å²) in [7, 11) is 1.41. The van der Waals surface area contributed by atoms with Crippen molar-refractivity contribution >= 4 is 23.4 Å². The zero-order valence-corrected chi connectivity index (χ0v) is 15.7. The number of carboxylic acids is 1. The molecule has 0 unspecified atom stereocenters.